The van der Waals surface area contributed by atoms with Crippen molar-refractivity contribution in [1.29, 1.82) is 0 Å². The molecule has 0 radical (unpaired) electrons. The van der Waals surface area contributed by atoms with Crippen molar-refractivity contribution in [2.45, 2.75) is 40.0 Å². The number of rotatable bonds is 5. The fourth-order valence-corrected chi connectivity index (χ4v) is 1.01. The fraction of sp³-hybridized carbons (Fsp3) is 0.500. The van der Waals surface area contributed by atoms with Gasteiger partial charge in [0.2, 0.25) is 0 Å². The number of allylic oxidation sites excluding steroid dienone is 6. The summed E-state index contributed by atoms with van der Waals surface area (Å²) in [6.07, 6.45) is 11.6. The summed E-state index contributed by atoms with van der Waals surface area (Å²) in [7, 11) is 0. The Bertz CT molecular complexity index is 209. The zero-order valence-electron chi connectivity index (χ0n) is 8.81. The number of hydrogen-bond acceptors (Lipinski definition) is 0. The molecule has 0 aromatic heterocycles. The third-order valence-corrected chi connectivity index (χ3v) is 2.18. The van der Waals surface area contributed by atoms with Crippen LogP contribution in [-0.4, -0.2) is 0 Å². The maximum absolute atomic E-state index is 5.80. The molecule has 0 nitrogen and oxygen atoms in total. The molecule has 0 aliphatic rings. The molecule has 0 aromatic rings. The second kappa shape index (κ2) is 8.12. The van der Waals surface area contributed by atoms with Crippen molar-refractivity contribution in [2.24, 2.45) is 0 Å². The molecule has 0 unspecified atom stereocenters. The minimum atomic E-state index is 0.791. The van der Waals surface area contributed by atoms with Crippen LogP contribution in [0.2, 0.25) is 0 Å². The predicted molar refractivity (Wildman–Crippen MR) is 62.0 cm³/mol. The van der Waals surface area contributed by atoms with E-state index in [-0.39, 0.29) is 0 Å². The van der Waals surface area contributed by atoms with Gasteiger partial charge in [-0.15, -0.1) is 0 Å². The second-order valence-electron chi connectivity index (χ2n) is 3.15. The zero-order chi connectivity index (χ0) is 10.1. The van der Waals surface area contributed by atoms with E-state index in [9.17, 15) is 0 Å². The molecule has 0 amide bonds. The van der Waals surface area contributed by atoms with E-state index in [4.69, 9.17) is 11.6 Å². The lowest BCUT2D eigenvalue weighted by molar-refractivity contribution is 0.787. The van der Waals surface area contributed by atoms with Crippen LogP contribution in [0.4, 0.5) is 0 Å². The summed E-state index contributed by atoms with van der Waals surface area (Å²) < 4.78 is 0. The van der Waals surface area contributed by atoms with E-state index in [0.717, 1.165) is 5.03 Å². The van der Waals surface area contributed by atoms with Gasteiger partial charge in [-0.1, -0.05) is 48.7 Å². The van der Waals surface area contributed by atoms with Crippen LogP contribution in [0.5, 0.6) is 0 Å². The quantitative estimate of drug-likeness (QED) is 0.556. The molecule has 0 heterocycles. The highest BCUT2D eigenvalue weighted by Gasteiger charge is 1.86. The Kier molecular flexibility index (Phi) is 7.82. The maximum atomic E-state index is 5.80. The number of halogens is 1. The predicted octanol–water partition coefficient (Wildman–Crippen LogP) is 4.82. The molecule has 0 bridgehead atoms. The summed E-state index contributed by atoms with van der Waals surface area (Å²) in [6.45, 7) is 6.30. The molecule has 0 aromatic carbocycles. The first-order valence-corrected chi connectivity index (χ1v) is 5.24. The van der Waals surface area contributed by atoms with Crippen molar-refractivity contribution in [1.82, 2.24) is 0 Å². The molecular weight excluding hydrogens is 180 g/mol. The average molecular weight is 199 g/mol. The van der Waals surface area contributed by atoms with Crippen LogP contribution in [0.1, 0.15) is 40.0 Å². The molecule has 0 saturated carbocycles. The standard InChI is InChI=1S/C12H19Cl/c1-4-6-8-11(3)9-7-10-12(13)5-2/h5,7,9-10H,4,6,8H2,1-3H3/b10-7-,11-9+,12-5+. The van der Waals surface area contributed by atoms with Gasteiger partial charge in [0.05, 0.1) is 0 Å². The summed E-state index contributed by atoms with van der Waals surface area (Å²) in [5.41, 5.74) is 1.42. The van der Waals surface area contributed by atoms with Crippen LogP contribution in [0, 0.1) is 0 Å². The summed E-state index contributed by atoms with van der Waals surface area (Å²) in [6, 6.07) is 0. The SMILES string of the molecule is C\C=C(Cl)/C=C\C=C(/C)CCCC. The van der Waals surface area contributed by atoms with Crippen molar-refractivity contribution >= 4 is 11.6 Å². The monoisotopic (exact) mass is 198 g/mol. The lowest BCUT2D eigenvalue weighted by Gasteiger charge is -1.95. The third kappa shape index (κ3) is 7.86. The summed E-state index contributed by atoms with van der Waals surface area (Å²) in [5.74, 6) is 0. The molecular formula is C12H19Cl. The van der Waals surface area contributed by atoms with Crippen molar-refractivity contribution in [2.75, 3.05) is 0 Å². The average Bonchev–Trinajstić information content (AvgIpc) is 2.14. The van der Waals surface area contributed by atoms with Gasteiger partial charge in [0.25, 0.3) is 0 Å². The van der Waals surface area contributed by atoms with Gasteiger partial charge in [0.1, 0.15) is 0 Å². The van der Waals surface area contributed by atoms with Gasteiger partial charge in [-0.3, -0.25) is 0 Å². The lowest BCUT2D eigenvalue weighted by Crippen LogP contribution is -1.75. The molecule has 0 fully saturated rings. The lowest BCUT2D eigenvalue weighted by atomic mass is 10.1. The Morgan fingerprint density at radius 2 is 2.08 bits per heavy atom. The molecule has 0 aliphatic carbocycles. The Morgan fingerprint density at radius 3 is 2.62 bits per heavy atom. The first-order valence-electron chi connectivity index (χ1n) is 4.86. The molecule has 1 heteroatoms. The van der Waals surface area contributed by atoms with Crippen LogP contribution < -0.4 is 0 Å². The van der Waals surface area contributed by atoms with E-state index >= 15 is 0 Å². The smallest absolute Gasteiger partial charge is 0.0363 e. The Labute approximate surface area is 87.0 Å². The van der Waals surface area contributed by atoms with Gasteiger partial charge in [-0.05, 0) is 32.8 Å². The van der Waals surface area contributed by atoms with Crippen molar-refractivity contribution in [3.63, 3.8) is 0 Å². The summed E-state index contributed by atoms with van der Waals surface area (Å²) >= 11 is 5.80. The molecule has 13 heavy (non-hydrogen) atoms. The van der Waals surface area contributed by atoms with E-state index < -0.39 is 0 Å². The van der Waals surface area contributed by atoms with Crippen LogP contribution >= 0.6 is 11.6 Å². The molecule has 0 spiro atoms. The van der Waals surface area contributed by atoms with E-state index in [1.54, 1.807) is 0 Å². The minimum Gasteiger partial charge on any atom is -0.0847 e. The molecule has 0 N–H and O–H groups in total. The minimum absolute atomic E-state index is 0.791. The van der Waals surface area contributed by atoms with Gasteiger partial charge < -0.3 is 0 Å². The third-order valence-electron chi connectivity index (χ3n) is 1.84. The van der Waals surface area contributed by atoms with E-state index in [0.29, 0.717) is 0 Å². The van der Waals surface area contributed by atoms with Gasteiger partial charge in [-0.2, -0.15) is 0 Å². The van der Waals surface area contributed by atoms with E-state index in [1.807, 2.05) is 25.2 Å². The van der Waals surface area contributed by atoms with Crippen molar-refractivity contribution in [3.05, 3.63) is 34.9 Å². The fourth-order valence-electron chi connectivity index (χ4n) is 0.939. The maximum Gasteiger partial charge on any atom is 0.0363 e. The van der Waals surface area contributed by atoms with Gasteiger partial charge in [-0.25, -0.2) is 0 Å². The summed E-state index contributed by atoms with van der Waals surface area (Å²) in [5, 5.41) is 0.791. The molecule has 0 aliphatic heterocycles. The highest BCUT2D eigenvalue weighted by atomic mass is 35.5. The number of hydrogen-bond donors (Lipinski definition) is 0. The molecule has 0 rings (SSSR count). The highest BCUT2D eigenvalue weighted by molar-refractivity contribution is 6.31. The second-order valence-corrected chi connectivity index (χ2v) is 3.59. The summed E-state index contributed by atoms with van der Waals surface area (Å²) in [4.78, 5) is 0. The van der Waals surface area contributed by atoms with Crippen LogP contribution in [0.15, 0.2) is 34.9 Å². The normalized spacial score (nSPS) is 14.2. The van der Waals surface area contributed by atoms with Crippen molar-refractivity contribution < 1.29 is 0 Å². The van der Waals surface area contributed by atoms with Crippen LogP contribution in [-0.2, 0) is 0 Å². The first kappa shape index (κ1) is 12.5. The Hall–Kier alpha value is -0.490. The van der Waals surface area contributed by atoms with Crippen LogP contribution in [0.3, 0.4) is 0 Å². The first-order chi connectivity index (χ1) is 6.20. The molecule has 0 saturated heterocycles. The largest absolute Gasteiger partial charge is 0.0847 e. The Morgan fingerprint density at radius 1 is 1.38 bits per heavy atom. The van der Waals surface area contributed by atoms with Crippen LogP contribution in [0.25, 0.3) is 0 Å². The number of unbranched alkanes of at least 4 members (excludes halogenated alkanes) is 1. The van der Waals surface area contributed by atoms with Gasteiger partial charge in [0, 0.05) is 5.03 Å². The molecule has 0 atom stereocenters. The zero-order valence-corrected chi connectivity index (χ0v) is 9.56. The van der Waals surface area contributed by atoms with Crippen molar-refractivity contribution in [3.8, 4) is 0 Å². The van der Waals surface area contributed by atoms with E-state index in [2.05, 4.69) is 19.9 Å². The Balaban J connectivity index is 3.88. The molecule has 74 valence electrons. The van der Waals surface area contributed by atoms with Gasteiger partial charge in [0.15, 0.2) is 0 Å². The van der Waals surface area contributed by atoms with Gasteiger partial charge >= 0.3 is 0 Å². The van der Waals surface area contributed by atoms with E-state index in [1.165, 1.54) is 24.8 Å². The highest BCUT2D eigenvalue weighted by Crippen LogP contribution is 2.07. The topological polar surface area (TPSA) is 0 Å².